The van der Waals surface area contributed by atoms with Crippen molar-refractivity contribution < 1.29 is 4.79 Å². The van der Waals surface area contributed by atoms with Crippen LogP contribution in [0.4, 0.5) is 0 Å². The summed E-state index contributed by atoms with van der Waals surface area (Å²) in [6, 6.07) is 3.44. The fraction of sp³-hybridized carbons (Fsp3) is 0.500. The smallest absolute Gasteiger partial charge is 0.237 e. The molecule has 0 saturated heterocycles. The van der Waals surface area contributed by atoms with Crippen LogP contribution in [-0.2, 0) is 11.3 Å². The number of pyridine rings is 1. The molecule has 0 aliphatic carbocycles. The topological polar surface area (TPSA) is 68.0 Å². The Hall–Kier alpha value is -1.42. The number of carbonyl (C=O) groups excluding carboxylic acids is 1. The second kappa shape index (κ2) is 6.23. The van der Waals surface area contributed by atoms with Gasteiger partial charge in [0.15, 0.2) is 0 Å². The van der Waals surface area contributed by atoms with Crippen LogP contribution in [0.2, 0.25) is 0 Å². The summed E-state index contributed by atoms with van der Waals surface area (Å²) >= 11 is 0. The van der Waals surface area contributed by atoms with Crippen molar-refractivity contribution in [3.05, 3.63) is 29.6 Å². The Balaban J connectivity index is 2.46. The summed E-state index contributed by atoms with van der Waals surface area (Å²) in [6.07, 6.45) is 3.35. The largest absolute Gasteiger partial charge is 0.349 e. The van der Waals surface area contributed by atoms with Crippen molar-refractivity contribution >= 4 is 5.91 Å². The number of amides is 1. The van der Waals surface area contributed by atoms with Crippen LogP contribution in [0.25, 0.3) is 0 Å². The summed E-state index contributed by atoms with van der Waals surface area (Å²) < 4.78 is 0. The van der Waals surface area contributed by atoms with E-state index in [2.05, 4.69) is 10.3 Å². The number of nitrogens with two attached hydrogens (primary N) is 1. The minimum absolute atomic E-state index is 0.105. The van der Waals surface area contributed by atoms with E-state index in [1.54, 1.807) is 6.20 Å². The number of aromatic nitrogens is 1. The molecule has 4 nitrogen and oxygen atoms in total. The van der Waals surface area contributed by atoms with Crippen LogP contribution < -0.4 is 11.1 Å². The van der Waals surface area contributed by atoms with Gasteiger partial charge in [0.1, 0.15) is 0 Å². The predicted octanol–water partition coefficient (Wildman–Crippen LogP) is 1.13. The summed E-state index contributed by atoms with van der Waals surface area (Å²) in [6.45, 7) is 4.43. The van der Waals surface area contributed by atoms with Crippen LogP contribution in [0, 0.1) is 6.92 Å². The van der Waals surface area contributed by atoms with Crippen LogP contribution in [0.3, 0.4) is 0 Å². The maximum Gasteiger partial charge on any atom is 0.237 e. The fourth-order valence-corrected chi connectivity index (χ4v) is 1.45. The quantitative estimate of drug-likeness (QED) is 0.783. The Kier molecular flexibility index (Phi) is 4.92. The number of hydrogen-bond donors (Lipinski definition) is 2. The van der Waals surface area contributed by atoms with E-state index in [1.165, 1.54) is 0 Å². The van der Waals surface area contributed by atoms with Gasteiger partial charge in [-0.2, -0.15) is 0 Å². The zero-order valence-corrected chi connectivity index (χ0v) is 9.86. The number of hydrogen-bond acceptors (Lipinski definition) is 3. The van der Waals surface area contributed by atoms with E-state index < -0.39 is 6.04 Å². The molecule has 1 amide bonds. The third-order valence-electron chi connectivity index (χ3n) is 2.48. The summed E-state index contributed by atoms with van der Waals surface area (Å²) in [5.74, 6) is -0.105. The van der Waals surface area contributed by atoms with Gasteiger partial charge in [0, 0.05) is 6.20 Å². The monoisotopic (exact) mass is 221 g/mol. The molecule has 0 aromatic carbocycles. The van der Waals surface area contributed by atoms with Gasteiger partial charge in [-0.25, -0.2) is 0 Å². The number of nitrogens with zero attached hydrogens (tertiary/aromatic N) is 1. The molecule has 0 aliphatic heterocycles. The number of aryl methyl sites for hydroxylation is 1. The maximum absolute atomic E-state index is 11.6. The lowest BCUT2D eigenvalue weighted by Crippen LogP contribution is -2.40. The first kappa shape index (κ1) is 12.6. The van der Waals surface area contributed by atoms with Crippen LogP contribution in [0.1, 0.15) is 31.0 Å². The third-order valence-corrected chi connectivity index (χ3v) is 2.48. The molecule has 4 heteroatoms. The van der Waals surface area contributed by atoms with E-state index in [0.717, 1.165) is 17.7 Å². The highest BCUT2D eigenvalue weighted by molar-refractivity contribution is 5.81. The van der Waals surface area contributed by atoms with E-state index in [0.29, 0.717) is 13.0 Å². The average molecular weight is 221 g/mol. The molecule has 1 heterocycles. The van der Waals surface area contributed by atoms with E-state index in [1.807, 2.05) is 26.0 Å². The summed E-state index contributed by atoms with van der Waals surface area (Å²) in [5, 5.41) is 2.80. The van der Waals surface area contributed by atoms with E-state index in [9.17, 15) is 4.79 Å². The van der Waals surface area contributed by atoms with Crippen molar-refractivity contribution in [2.24, 2.45) is 5.73 Å². The van der Waals surface area contributed by atoms with Crippen LogP contribution in [-0.4, -0.2) is 16.9 Å². The Morgan fingerprint density at radius 1 is 1.62 bits per heavy atom. The van der Waals surface area contributed by atoms with Crippen LogP contribution in [0.5, 0.6) is 0 Å². The van der Waals surface area contributed by atoms with Gasteiger partial charge in [0.25, 0.3) is 0 Å². The lowest BCUT2D eigenvalue weighted by Gasteiger charge is -2.11. The molecule has 0 radical (unpaired) electrons. The van der Waals surface area contributed by atoms with Crippen LogP contribution in [0.15, 0.2) is 18.3 Å². The molecule has 1 aromatic rings. The van der Waals surface area contributed by atoms with Crippen molar-refractivity contribution in [1.82, 2.24) is 10.3 Å². The first-order chi connectivity index (χ1) is 7.65. The Bertz CT molecular complexity index is 352. The fourth-order valence-electron chi connectivity index (χ4n) is 1.45. The number of carbonyl (C=O) groups is 1. The molecule has 1 unspecified atom stereocenters. The lowest BCUT2D eigenvalue weighted by molar-refractivity contribution is -0.122. The minimum atomic E-state index is -0.408. The maximum atomic E-state index is 11.6. The van der Waals surface area contributed by atoms with Crippen molar-refractivity contribution in [2.75, 3.05) is 0 Å². The molecule has 1 aromatic heterocycles. The zero-order valence-electron chi connectivity index (χ0n) is 9.86. The lowest BCUT2D eigenvalue weighted by atomic mass is 10.1. The van der Waals surface area contributed by atoms with Crippen molar-refractivity contribution in [2.45, 2.75) is 39.3 Å². The highest BCUT2D eigenvalue weighted by atomic mass is 16.2. The van der Waals surface area contributed by atoms with Crippen LogP contribution >= 0.6 is 0 Å². The molecule has 16 heavy (non-hydrogen) atoms. The van der Waals surface area contributed by atoms with Crippen molar-refractivity contribution in [3.8, 4) is 0 Å². The molecule has 3 N–H and O–H groups in total. The molecule has 0 saturated carbocycles. The molecule has 0 aliphatic rings. The van der Waals surface area contributed by atoms with Gasteiger partial charge in [-0.15, -0.1) is 0 Å². The Morgan fingerprint density at radius 2 is 2.38 bits per heavy atom. The highest BCUT2D eigenvalue weighted by Crippen LogP contribution is 2.02. The average Bonchev–Trinajstić information content (AvgIpc) is 2.28. The summed E-state index contributed by atoms with van der Waals surface area (Å²) in [4.78, 5) is 15.8. The van der Waals surface area contributed by atoms with Gasteiger partial charge in [-0.1, -0.05) is 19.4 Å². The molecule has 1 atom stereocenters. The first-order valence-corrected chi connectivity index (χ1v) is 5.59. The summed E-state index contributed by atoms with van der Waals surface area (Å²) in [7, 11) is 0. The standard InChI is InChI=1S/C12H19N3O/c1-3-5-10(13)12(16)15-8-11-9(2)6-4-7-14-11/h4,6-7,10H,3,5,8,13H2,1-2H3,(H,15,16). The third kappa shape index (κ3) is 3.62. The Morgan fingerprint density at radius 3 is 3.00 bits per heavy atom. The number of nitrogens with one attached hydrogen (secondary N) is 1. The van der Waals surface area contributed by atoms with Crippen molar-refractivity contribution in [3.63, 3.8) is 0 Å². The molecular formula is C12H19N3O. The summed E-state index contributed by atoms with van der Waals surface area (Å²) in [5.41, 5.74) is 7.66. The van der Waals surface area contributed by atoms with E-state index in [-0.39, 0.29) is 5.91 Å². The van der Waals surface area contributed by atoms with Gasteiger partial charge >= 0.3 is 0 Å². The minimum Gasteiger partial charge on any atom is -0.349 e. The van der Waals surface area contributed by atoms with E-state index in [4.69, 9.17) is 5.73 Å². The molecule has 0 fully saturated rings. The molecule has 0 bridgehead atoms. The molecule has 88 valence electrons. The van der Waals surface area contributed by atoms with Gasteiger partial charge in [-0.05, 0) is 25.0 Å². The second-order valence-electron chi connectivity index (χ2n) is 3.88. The number of rotatable bonds is 5. The zero-order chi connectivity index (χ0) is 12.0. The predicted molar refractivity (Wildman–Crippen MR) is 63.7 cm³/mol. The SMILES string of the molecule is CCCC(N)C(=O)NCc1ncccc1C. The molecule has 1 rings (SSSR count). The van der Waals surface area contributed by atoms with Gasteiger partial charge < -0.3 is 11.1 Å². The normalized spacial score (nSPS) is 12.2. The Labute approximate surface area is 96.3 Å². The first-order valence-electron chi connectivity index (χ1n) is 5.59. The second-order valence-corrected chi connectivity index (χ2v) is 3.88. The molecular weight excluding hydrogens is 202 g/mol. The van der Waals surface area contributed by atoms with Gasteiger partial charge in [-0.3, -0.25) is 9.78 Å². The van der Waals surface area contributed by atoms with Gasteiger partial charge in [0.05, 0.1) is 18.3 Å². The highest BCUT2D eigenvalue weighted by Gasteiger charge is 2.11. The molecule has 0 spiro atoms. The van der Waals surface area contributed by atoms with Gasteiger partial charge in [0.2, 0.25) is 5.91 Å². The van der Waals surface area contributed by atoms with E-state index >= 15 is 0 Å². The van der Waals surface area contributed by atoms with Crippen molar-refractivity contribution in [1.29, 1.82) is 0 Å².